The van der Waals surface area contributed by atoms with Crippen LogP contribution in [0.15, 0.2) is 48.5 Å². The van der Waals surface area contributed by atoms with Crippen molar-refractivity contribution in [1.82, 2.24) is 0 Å². The van der Waals surface area contributed by atoms with E-state index in [1.54, 1.807) is 24.3 Å². The van der Waals surface area contributed by atoms with Crippen LogP contribution in [-0.4, -0.2) is 14.3 Å². The molecule has 0 spiro atoms. The zero-order valence-electron chi connectivity index (χ0n) is 11.9. The van der Waals surface area contributed by atoms with Gasteiger partial charge in [0.1, 0.15) is 5.75 Å². The monoisotopic (exact) mass is 331 g/mol. The third-order valence-corrected chi connectivity index (χ3v) is 3.25. The van der Waals surface area contributed by atoms with Crippen LogP contribution in [-0.2, 0) is 16.7 Å². The predicted octanol–water partition coefficient (Wildman–Crippen LogP) is 1.59. The van der Waals surface area contributed by atoms with Crippen LogP contribution >= 0.6 is 0 Å². The van der Waals surface area contributed by atoms with Crippen molar-refractivity contribution in [3.8, 4) is 11.8 Å². The second-order valence-corrected chi connectivity index (χ2v) is 5.74. The first-order valence-corrected chi connectivity index (χ1v) is 7.94. The maximum absolute atomic E-state index is 12.1. The first-order valence-electron chi connectivity index (χ1n) is 6.47. The number of hydrogen-bond acceptors (Lipinski definition) is 5. The fraction of sp³-hybridized carbons (Fsp3) is 0.0667. The Labute approximate surface area is 133 Å². The van der Waals surface area contributed by atoms with E-state index in [0.29, 0.717) is 17.7 Å². The molecule has 0 aliphatic carbocycles. The summed E-state index contributed by atoms with van der Waals surface area (Å²) in [7, 11) is -4.09. The molecule has 3 N–H and O–H groups in total. The molecule has 8 heteroatoms. The van der Waals surface area contributed by atoms with Crippen LogP contribution in [0.3, 0.4) is 0 Å². The Morgan fingerprint density at radius 3 is 2.26 bits per heavy atom. The first kappa shape index (κ1) is 16.5. The van der Waals surface area contributed by atoms with E-state index in [1.165, 1.54) is 24.3 Å². The lowest BCUT2D eigenvalue weighted by molar-refractivity contribution is 0.102. The molecule has 1 amide bonds. The van der Waals surface area contributed by atoms with Crippen LogP contribution in [0.25, 0.3) is 0 Å². The van der Waals surface area contributed by atoms with Crippen molar-refractivity contribution in [2.75, 3.05) is 5.32 Å². The van der Waals surface area contributed by atoms with Gasteiger partial charge in [-0.3, -0.25) is 4.79 Å². The van der Waals surface area contributed by atoms with Gasteiger partial charge in [0, 0.05) is 11.3 Å². The second kappa shape index (κ2) is 6.91. The Kier molecular flexibility index (Phi) is 4.95. The van der Waals surface area contributed by atoms with Gasteiger partial charge in [-0.15, -0.1) is 0 Å². The molecule has 0 fully saturated rings. The molecule has 0 aromatic heterocycles. The van der Waals surface area contributed by atoms with Crippen molar-refractivity contribution in [3.05, 3.63) is 59.7 Å². The highest BCUT2D eigenvalue weighted by molar-refractivity contribution is 7.84. The van der Waals surface area contributed by atoms with Gasteiger partial charge in [0.2, 0.25) is 0 Å². The summed E-state index contributed by atoms with van der Waals surface area (Å²) in [6.45, 7) is 0. The van der Waals surface area contributed by atoms with Gasteiger partial charge in [0.15, 0.2) is 0 Å². The number of anilines is 1. The number of nitrogens with zero attached hydrogens (tertiary/aromatic N) is 1. The molecule has 0 atom stereocenters. The summed E-state index contributed by atoms with van der Waals surface area (Å²) in [5.74, 6) is -0.343. The first-order chi connectivity index (χ1) is 10.9. The minimum atomic E-state index is -4.09. The summed E-state index contributed by atoms with van der Waals surface area (Å²) in [5, 5.41) is 16.0. The number of nitriles is 1. The molecule has 0 heterocycles. The smallest absolute Gasteiger partial charge is 0.371 e. The third kappa shape index (κ3) is 5.10. The average molecular weight is 331 g/mol. The normalized spacial score (nSPS) is 10.6. The van der Waals surface area contributed by atoms with Gasteiger partial charge >= 0.3 is 10.3 Å². The quantitative estimate of drug-likeness (QED) is 0.861. The Morgan fingerprint density at radius 1 is 1.13 bits per heavy atom. The van der Waals surface area contributed by atoms with Crippen molar-refractivity contribution in [3.63, 3.8) is 0 Å². The van der Waals surface area contributed by atoms with Crippen molar-refractivity contribution >= 4 is 21.9 Å². The molecule has 2 aromatic rings. The van der Waals surface area contributed by atoms with E-state index in [1.807, 2.05) is 6.07 Å². The zero-order chi connectivity index (χ0) is 16.9. The zero-order valence-corrected chi connectivity index (χ0v) is 12.7. The summed E-state index contributed by atoms with van der Waals surface area (Å²) < 4.78 is 26.1. The lowest BCUT2D eigenvalue weighted by atomic mass is 10.1. The van der Waals surface area contributed by atoms with Crippen LogP contribution in [0.5, 0.6) is 5.75 Å². The van der Waals surface area contributed by atoms with Gasteiger partial charge < -0.3 is 9.50 Å². The van der Waals surface area contributed by atoms with Gasteiger partial charge in [-0.25, -0.2) is 0 Å². The van der Waals surface area contributed by atoms with Gasteiger partial charge in [0.05, 0.1) is 12.5 Å². The van der Waals surface area contributed by atoms with E-state index in [0.717, 1.165) is 5.56 Å². The standard InChI is InChI=1S/C15H13N3O4S/c16-10-9-11-1-5-13(6-2-11)18-15(19)12-3-7-14(8-4-12)22-23(17,20)21/h1-8H,9H2,(H,18,19)(H2,17,20,21). The van der Waals surface area contributed by atoms with E-state index in [9.17, 15) is 13.2 Å². The minimum Gasteiger partial charge on any atom is -0.371 e. The molecule has 0 unspecified atom stereocenters. The lowest BCUT2D eigenvalue weighted by Gasteiger charge is -2.07. The van der Waals surface area contributed by atoms with E-state index in [-0.39, 0.29) is 11.7 Å². The number of carbonyl (C=O) groups excluding carboxylic acids is 1. The van der Waals surface area contributed by atoms with Gasteiger partial charge in [0.25, 0.3) is 5.91 Å². The molecule has 0 aliphatic rings. The van der Waals surface area contributed by atoms with E-state index in [4.69, 9.17) is 10.4 Å². The highest BCUT2D eigenvalue weighted by Gasteiger charge is 2.09. The fourth-order valence-electron chi connectivity index (χ4n) is 1.80. The Bertz CT molecular complexity index is 838. The Balaban J connectivity index is 2.04. The van der Waals surface area contributed by atoms with E-state index >= 15 is 0 Å². The van der Waals surface area contributed by atoms with Crippen LogP contribution in [0.4, 0.5) is 5.69 Å². The fourth-order valence-corrected chi connectivity index (χ4v) is 2.18. The number of nitrogens with two attached hydrogens (primary N) is 1. The van der Waals surface area contributed by atoms with Crippen molar-refractivity contribution in [2.24, 2.45) is 5.14 Å². The van der Waals surface area contributed by atoms with Crippen molar-refractivity contribution in [2.45, 2.75) is 6.42 Å². The summed E-state index contributed by atoms with van der Waals surface area (Å²) >= 11 is 0. The second-order valence-electron chi connectivity index (χ2n) is 4.59. The maximum Gasteiger partial charge on any atom is 0.380 e. The highest BCUT2D eigenvalue weighted by atomic mass is 32.2. The Hall–Kier alpha value is -2.89. The van der Waals surface area contributed by atoms with Crippen molar-refractivity contribution < 1.29 is 17.4 Å². The number of amides is 1. The predicted molar refractivity (Wildman–Crippen MR) is 83.9 cm³/mol. The molecule has 2 rings (SSSR count). The number of carbonyl (C=O) groups is 1. The molecule has 2 aromatic carbocycles. The molecule has 118 valence electrons. The summed E-state index contributed by atoms with van der Waals surface area (Å²) in [6.07, 6.45) is 0.305. The molecule has 0 bridgehead atoms. The van der Waals surface area contributed by atoms with Gasteiger partial charge in [-0.05, 0) is 42.0 Å². The van der Waals surface area contributed by atoms with Crippen molar-refractivity contribution in [1.29, 1.82) is 5.26 Å². The van der Waals surface area contributed by atoms with Crippen LogP contribution in [0, 0.1) is 11.3 Å². The third-order valence-electron chi connectivity index (χ3n) is 2.82. The molecule has 0 saturated carbocycles. The molecule has 0 saturated heterocycles. The van der Waals surface area contributed by atoms with E-state index < -0.39 is 10.3 Å². The van der Waals surface area contributed by atoms with Gasteiger partial charge in [-0.1, -0.05) is 12.1 Å². The number of nitrogens with one attached hydrogen (secondary N) is 1. The van der Waals surface area contributed by atoms with E-state index in [2.05, 4.69) is 9.50 Å². The molecule has 0 aliphatic heterocycles. The minimum absolute atomic E-state index is 0.0184. The molecule has 0 radical (unpaired) electrons. The average Bonchev–Trinajstić information content (AvgIpc) is 2.48. The van der Waals surface area contributed by atoms with Crippen LogP contribution in [0.2, 0.25) is 0 Å². The van der Waals surface area contributed by atoms with Gasteiger partial charge in [-0.2, -0.15) is 18.8 Å². The lowest BCUT2D eigenvalue weighted by Crippen LogP contribution is -2.19. The topological polar surface area (TPSA) is 122 Å². The largest absolute Gasteiger partial charge is 0.380 e. The van der Waals surface area contributed by atoms with Crippen LogP contribution in [0.1, 0.15) is 15.9 Å². The molecule has 23 heavy (non-hydrogen) atoms. The molecular weight excluding hydrogens is 318 g/mol. The number of rotatable bonds is 5. The molecular formula is C15H13N3O4S. The highest BCUT2D eigenvalue weighted by Crippen LogP contribution is 2.15. The number of hydrogen-bond donors (Lipinski definition) is 2. The maximum atomic E-state index is 12.1. The van der Waals surface area contributed by atoms with Crippen LogP contribution < -0.4 is 14.6 Å². The SMILES string of the molecule is N#CCc1ccc(NC(=O)c2ccc(OS(N)(=O)=O)cc2)cc1. The molecule has 7 nitrogen and oxygen atoms in total. The summed E-state index contributed by atoms with van der Waals surface area (Å²) in [5.41, 5.74) is 1.77. The summed E-state index contributed by atoms with van der Waals surface area (Å²) in [6, 6.07) is 14.4. The number of benzene rings is 2. The summed E-state index contributed by atoms with van der Waals surface area (Å²) in [4.78, 5) is 12.1. The Morgan fingerprint density at radius 2 is 1.74 bits per heavy atom.